The summed E-state index contributed by atoms with van der Waals surface area (Å²) in [5, 5.41) is 3.52. The molecule has 0 saturated carbocycles. The van der Waals surface area contributed by atoms with E-state index in [-0.39, 0.29) is 6.10 Å². The first-order valence-corrected chi connectivity index (χ1v) is 6.03. The second-order valence-corrected chi connectivity index (χ2v) is 4.43. The highest BCUT2D eigenvalue weighted by Crippen LogP contribution is 2.25. The van der Waals surface area contributed by atoms with Gasteiger partial charge in [-0.2, -0.15) is 0 Å². The molecular weight excluding hydrogens is 297 g/mol. The smallest absolute Gasteiger partial charge is 0.148 e. The third kappa shape index (κ3) is 3.04. The highest BCUT2D eigenvalue weighted by Gasteiger charge is 2.15. The standard InChI is InChI=1S/C9H11BrClN3O2/c10-7-8(11)13-5-14-9(7)12-3-6-4-15-1-2-16-6/h5-6H,1-4H2,(H,12,13,14). The number of hydrogen-bond acceptors (Lipinski definition) is 5. The summed E-state index contributed by atoms with van der Waals surface area (Å²) in [5.74, 6) is 0.661. The van der Waals surface area contributed by atoms with Crippen LogP contribution in [-0.4, -0.2) is 42.4 Å². The molecule has 88 valence electrons. The zero-order valence-electron chi connectivity index (χ0n) is 8.45. The predicted molar refractivity (Wildman–Crippen MR) is 63.8 cm³/mol. The second-order valence-electron chi connectivity index (χ2n) is 3.28. The number of hydrogen-bond donors (Lipinski definition) is 1. The van der Waals surface area contributed by atoms with Gasteiger partial charge in [-0.1, -0.05) is 11.6 Å². The average Bonchev–Trinajstić information content (AvgIpc) is 2.32. The molecule has 7 heteroatoms. The van der Waals surface area contributed by atoms with Gasteiger partial charge in [0.2, 0.25) is 0 Å². The van der Waals surface area contributed by atoms with Crippen LogP contribution < -0.4 is 5.32 Å². The van der Waals surface area contributed by atoms with Gasteiger partial charge in [0.05, 0.1) is 30.4 Å². The Hall–Kier alpha value is -0.430. The van der Waals surface area contributed by atoms with E-state index in [1.54, 1.807) is 0 Å². The minimum atomic E-state index is 0.0504. The van der Waals surface area contributed by atoms with E-state index in [0.717, 1.165) is 0 Å². The lowest BCUT2D eigenvalue weighted by Crippen LogP contribution is -2.34. The number of ether oxygens (including phenoxy) is 2. The van der Waals surface area contributed by atoms with Crippen LogP contribution >= 0.6 is 27.5 Å². The second kappa shape index (κ2) is 5.77. The highest BCUT2D eigenvalue weighted by atomic mass is 79.9. The number of halogens is 2. The van der Waals surface area contributed by atoms with E-state index >= 15 is 0 Å². The van der Waals surface area contributed by atoms with Crippen LogP contribution in [-0.2, 0) is 9.47 Å². The fourth-order valence-corrected chi connectivity index (χ4v) is 1.81. The van der Waals surface area contributed by atoms with E-state index < -0.39 is 0 Å². The Morgan fingerprint density at radius 1 is 1.50 bits per heavy atom. The van der Waals surface area contributed by atoms with Gasteiger partial charge in [0.25, 0.3) is 0 Å². The Morgan fingerprint density at radius 3 is 3.12 bits per heavy atom. The van der Waals surface area contributed by atoms with Crippen LogP contribution in [0.3, 0.4) is 0 Å². The van der Waals surface area contributed by atoms with Gasteiger partial charge in [-0.3, -0.25) is 0 Å². The van der Waals surface area contributed by atoms with Crippen molar-refractivity contribution in [3.8, 4) is 0 Å². The number of aromatic nitrogens is 2. The van der Waals surface area contributed by atoms with Crippen molar-refractivity contribution in [1.82, 2.24) is 9.97 Å². The van der Waals surface area contributed by atoms with Gasteiger partial charge in [-0.05, 0) is 15.9 Å². The van der Waals surface area contributed by atoms with Gasteiger partial charge in [0.15, 0.2) is 0 Å². The normalized spacial score (nSPS) is 20.8. The van der Waals surface area contributed by atoms with Crippen molar-refractivity contribution in [1.29, 1.82) is 0 Å². The molecular formula is C9H11BrClN3O2. The maximum Gasteiger partial charge on any atom is 0.148 e. The lowest BCUT2D eigenvalue weighted by Gasteiger charge is -2.23. The molecule has 0 aliphatic carbocycles. The summed E-state index contributed by atoms with van der Waals surface area (Å²) in [6.45, 7) is 2.53. The van der Waals surface area contributed by atoms with E-state index in [1.807, 2.05) is 0 Å². The SMILES string of the molecule is Clc1ncnc(NCC2COCCO2)c1Br. The minimum Gasteiger partial charge on any atom is -0.376 e. The molecule has 1 fully saturated rings. The minimum absolute atomic E-state index is 0.0504. The summed E-state index contributed by atoms with van der Waals surface area (Å²) < 4.78 is 11.4. The summed E-state index contributed by atoms with van der Waals surface area (Å²) in [5.41, 5.74) is 0. The maximum absolute atomic E-state index is 5.84. The summed E-state index contributed by atoms with van der Waals surface area (Å²) >= 11 is 9.16. The Labute approximate surface area is 107 Å². The van der Waals surface area contributed by atoms with Crippen molar-refractivity contribution in [2.24, 2.45) is 0 Å². The van der Waals surface area contributed by atoms with Crippen LogP contribution in [0.15, 0.2) is 10.8 Å². The Morgan fingerprint density at radius 2 is 2.38 bits per heavy atom. The number of nitrogens with one attached hydrogen (secondary N) is 1. The zero-order chi connectivity index (χ0) is 11.4. The van der Waals surface area contributed by atoms with E-state index in [9.17, 15) is 0 Å². The van der Waals surface area contributed by atoms with Gasteiger partial charge in [0, 0.05) is 6.54 Å². The molecule has 1 atom stereocenters. The topological polar surface area (TPSA) is 56.3 Å². The van der Waals surface area contributed by atoms with Crippen LogP contribution in [0.25, 0.3) is 0 Å². The molecule has 1 unspecified atom stereocenters. The quantitative estimate of drug-likeness (QED) is 0.862. The van der Waals surface area contributed by atoms with Crippen LogP contribution in [0.5, 0.6) is 0 Å². The van der Waals surface area contributed by atoms with Gasteiger partial charge in [-0.25, -0.2) is 9.97 Å². The Balaban J connectivity index is 1.91. The first-order valence-electron chi connectivity index (χ1n) is 4.86. The average molecular weight is 309 g/mol. The number of nitrogens with zero attached hydrogens (tertiary/aromatic N) is 2. The van der Waals surface area contributed by atoms with E-state index in [1.165, 1.54) is 6.33 Å². The molecule has 0 aromatic carbocycles. The summed E-state index contributed by atoms with van der Waals surface area (Å²) in [6, 6.07) is 0. The fourth-order valence-electron chi connectivity index (χ4n) is 1.34. The van der Waals surface area contributed by atoms with Crippen LogP contribution in [0.2, 0.25) is 5.15 Å². The van der Waals surface area contributed by atoms with Crippen molar-refractivity contribution in [2.45, 2.75) is 6.10 Å². The highest BCUT2D eigenvalue weighted by molar-refractivity contribution is 9.10. The van der Waals surface area contributed by atoms with Crippen molar-refractivity contribution in [3.63, 3.8) is 0 Å². The van der Waals surface area contributed by atoms with Crippen molar-refractivity contribution < 1.29 is 9.47 Å². The molecule has 1 saturated heterocycles. The summed E-state index contributed by atoms with van der Waals surface area (Å²) in [4.78, 5) is 7.92. The first-order chi connectivity index (χ1) is 7.77. The molecule has 16 heavy (non-hydrogen) atoms. The van der Waals surface area contributed by atoms with Gasteiger partial charge >= 0.3 is 0 Å². The Bertz CT molecular complexity index is 361. The molecule has 1 N–H and O–H groups in total. The van der Waals surface area contributed by atoms with Crippen molar-refractivity contribution >= 4 is 33.3 Å². The molecule has 0 bridgehead atoms. The van der Waals surface area contributed by atoms with Gasteiger partial charge in [-0.15, -0.1) is 0 Å². The van der Waals surface area contributed by atoms with Crippen LogP contribution in [0.1, 0.15) is 0 Å². The molecule has 1 aromatic heterocycles. The lowest BCUT2D eigenvalue weighted by atomic mass is 10.3. The third-order valence-electron chi connectivity index (χ3n) is 2.13. The zero-order valence-corrected chi connectivity index (χ0v) is 10.8. The maximum atomic E-state index is 5.84. The third-order valence-corrected chi connectivity index (χ3v) is 3.40. The first kappa shape index (κ1) is 12.0. The lowest BCUT2D eigenvalue weighted by molar-refractivity contribution is -0.0819. The van der Waals surface area contributed by atoms with E-state index in [2.05, 4.69) is 31.2 Å². The van der Waals surface area contributed by atoms with Crippen LogP contribution in [0.4, 0.5) is 5.82 Å². The largest absolute Gasteiger partial charge is 0.376 e. The van der Waals surface area contributed by atoms with E-state index in [0.29, 0.717) is 41.8 Å². The molecule has 2 heterocycles. The predicted octanol–water partition coefficient (Wildman–Crippen LogP) is 1.72. The summed E-state index contributed by atoms with van der Waals surface area (Å²) in [7, 11) is 0. The van der Waals surface area contributed by atoms with Gasteiger partial charge < -0.3 is 14.8 Å². The van der Waals surface area contributed by atoms with Crippen molar-refractivity contribution in [3.05, 3.63) is 16.0 Å². The molecule has 2 rings (SSSR count). The fraction of sp³-hybridized carbons (Fsp3) is 0.556. The molecule has 0 spiro atoms. The van der Waals surface area contributed by atoms with E-state index in [4.69, 9.17) is 21.1 Å². The molecule has 1 aromatic rings. The van der Waals surface area contributed by atoms with Crippen molar-refractivity contribution in [2.75, 3.05) is 31.7 Å². The Kier molecular flexibility index (Phi) is 4.34. The molecule has 0 amide bonds. The van der Waals surface area contributed by atoms with Crippen LogP contribution in [0, 0.1) is 0 Å². The molecule has 1 aliphatic heterocycles. The molecule has 5 nitrogen and oxygen atoms in total. The molecule has 1 aliphatic rings. The monoisotopic (exact) mass is 307 g/mol. The number of rotatable bonds is 3. The summed E-state index contributed by atoms with van der Waals surface area (Å²) in [6.07, 6.45) is 1.46. The molecule has 0 radical (unpaired) electrons. The number of anilines is 1. The van der Waals surface area contributed by atoms with Gasteiger partial charge in [0.1, 0.15) is 17.3 Å².